The third kappa shape index (κ3) is 5.48. The molecule has 0 aromatic rings. The van der Waals surface area contributed by atoms with Gasteiger partial charge in [-0.2, -0.15) is 0 Å². The molecule has 0 aliphatic carbocycles. The van der Waals surface area contributed by atoms with E-state index in [0.717, 1.165) is 19.3 Å². The zero-order chi connectivity index (χ0) is 12.0. The smallest absolute Gasteiger partial charge is 0.163 e. The van der Waals surface area contributed by atoms with Crippen LogP contribution in [-0.2, 0) is 14.2 Å². The van der Waals surface area contributed by atoms with Crippen molar-refractivity contribution in [1.29, 1.82) is 0 Å². The Morgan fingerprint density at radius 1 is 1.62 bits per heavy atom. The fourth-order valence-corrected chi connectivity index (χ4v) is 2.25. The zero-order valence-corrected chi connectivity index (χ0v) is 12.0. The van der Waals surface area contributed by atoms with E-state index in [1.165, 1.54) is 0 Å². The summed E-state index contributed by atoms with van der Waals surface area (Å²) in [6.07, 6.45) is 8.44. The molecule has 1 fully saturated rings. The number of hydrogen-bond donors (Lipinski definition) is 0. The summed E-state index contributed by atoms with van der Waals surface area (Å²) in [5.41, 5.74) is 0. The molecule has 1 heterocycles. The summed E-state index contributed by atoms with van der Waals surface area (Å²) < 4.78 is 16.8. The second kappa shape index (κ2) is 6.80. The van der Waals surface area contributed by atoms with Gasteiger partial charge in [-0.1, -0.05) is 28.5 Å². The molecule has 3 nitrogen and oxygen atoms in total. The topological polar surface area (TPSA) is 27.7 Å². The van der Waals surface area contributed by atoms with Gasteiger partial charge in [-0.25, -0.2) is 0 Å². The summed E-state index contributed by atoms with van der Waals surface area (Å²) in [6.45, 7) is 4.99. The van der Waals surface area contributed by atoms with Crippen molar-refractivity contribution >= 4 is 22.6 Å². The molecule has 1 saturated heterocycles. The molecule has 92 valence electrons. The normalized spacial score (nSPS) is 25.2. The molecule has 0 spiro atoms. The van der Waals surface area contributed by atoms with Crippen molar-refractivity contribution in [2.24, 2.45) is 0 Å². The first kappa shape index (κ1) is 14.2. The number of terminal acetylenes is 1. The highest BCUT2D eigenvalue weighted by Crippen LogP contribution is 2.25. The van der Waals surface area contributed by atoms with Crippen LogP contribution in [0, 0.1) is 12.3 Å². The maximum Gasteiger partial charge on any atom is 0.163 e. The standard InChI is InChI=1S/C12H19IO3/c1-4-8-14-11(13)7-5-6-10-9-15-12(2,3)16-10/h1,10-11H,5-9H2,2-3H3. The Morgan fingerprint density at radius 3 is 2.94 bits per heavy atom. The maximum absolute atomic E-state index is 5.71. The van der Waals surface area contributed by atoms with Gasteiger partial charge < -0.3 is 14.2 Å². The van der Waals surface area contributed by atoms with Crippen molar-refractivity contribution in [2.75, 3.05) is 13.2 Å². The van der Waals surface area contributed by atoms with Crippen LogP contribution in [0.1, 0.15) is 33.1 Å². The molecule has 0 bridgehead atoms. The third-order valence-corrected chi connectivity index (χ3v) is 3.35. The molecule has 0 radical (unpaired) electrons. The van der Waals surface area contributed by atoms with Crippen molar-refractivity contribution in [2.45, 2.75) is 49.1 Å². The zero-order valence-electron chi connectivity index (χ0n) is 9.87. The van der Waals surface area contributed by atoms with E-state index in [9.17, 15) is 0 Å². The lowest BCUT2D eigenvalue weighted by Gasteiger charge is -2.17. The number of ether oxygens (including phenoxy) is 3. The van der Waals surface area contributed by atoms with Crippen LogP contribution in [0.5, 0.6) is 0 Å². The minimum atomic E-state index is -0.408. The highest BCUT2D eigenvalue weighted by Gasteiger charge is 2.32. The average molecular weight is 338 g/mol. The summed E-state index contributed by atoms with van der Waals surface area (Å²) >= 11 is 2.27. The van der Waals surface area contributed by atoms with Gasteiger partial charge in [0.25, 0.3) is 0 Å². The lowest BCUT2D eigenvalue weighted by molar-refractivity contribution is -0.139. The largest absolute Gasteiger partial charge is 0.355 e. The van der Waals surface area contributed by atoms with Crippen molar-refractivity contribution in [3.05, 3.63) is 0 Å². The van der Waals surface area contributed by atoms with E-state index >= 15 is 0 Å². The molecule has 4 heteroatoms. The molecule has 2 atom stereocenters. The van der Waals surface area contributed by atoms with E-state index in [2.05, 4.69) is 28.5 Å². The first-order chi connectivity index (χ1) is 7.53. The number of rotatable bonds is 6. The molecule has 0 amide bonds. The van der Waals surface area contributed by atoms with Gasteiger partial charge in [0.15, 0.2) is 5.79 Å². The predicted molar refractivity (Wildman–Crippen MR) is 71.3 cm³/mol. The van der Waals surface area contributed by atoms with Gasteiger partial charge in [0.1, 0.15) is 10.7 Å². The Morgan fingerprint density at radius 2 is 2.38 bits per heavy atom. The highest BCUT2D eigenvalue weighted by atomic mass is 127. The average Bonchev–Trinajstić information content (AvgIpc) is 2.55. The summed E-state index contributed by atoms with van der Waals surface area (Å²) in [5, 5.41) is 0. The molecule has 0 aromatic heterocycles. The van der Waals surface area contributed by atoms with E-state index in [0.29, 0.717) is 13.2 Å². The van der Waals surface area contributed by atoms with E-state index in [1.807, 2.05) is 13.8 Å². The van der Waals surface area contributed by atoms with Gasteiger partial charge >= 0.3 is 0 Å². The summed E-state index contributed by atoms with van der Waals surface area (Å²) in [6, 6.07) is 0. The fourth-order valence-electron chi connectivity index (χ4n) is 1.63. The van der Waals surface area contributed by atoms with Crippen molar-refractivity contribution in [3.8, 4) is 12.3 Å². The molecule has 16 heavy (non-hydrogen) atoms. The molecule has 1 rings (SSSR count). The molecule has 0 saturated carbocycles. The number of alkyl halides is 1. The van der Waals surface area contributed by atoms with E-state index in [-0.39, 0.29) is 10.2 Å². The maximum atomic E-state index is 5.71. The van der Waals surface area contributed by atoms with Crippen LogP contribution in [0.2, 0.25) is 0 Å². The van der Waals surface area contributed by atoms with Crippen LogP contribution >= 0.6 is 22.6 Å². The molecule has 1 aliphatic heterocycles. The van der Waals surface area contributed by atoms with Gasteiger partial charge in [-0.05, 0) is 33.1 Å². The van der Waals surface area contributed by atoms with E-state index < -0.39 is 5.79 Å². The Kier molecular flexibility index (Phi) is 6.05. The van der Waals surface area contributed by atoms with Gasteiger partial charge in [0, 0.05) is 0 Å². The van der Waals surface area contributed by atoms with Crippen LogP contribution in [0.4, 0.5) is 0 Å². The van der Waals surface area contributed by atoms with Crippen LogP contribution in [0.3, 0.4) is 0 Å². The van der Waals surface area contributed by atoms with Crippen LogP contribution in [0.15, 0.2) is 0 Å². The summed E-state index contributed by atoms with van der Waals surface area (Å²) in [4.78, 5) is 0. The van der Waals surface area contributed by atoms with Crippen molar-refractivity contribution < 1.29 is 14.2 Å². The minimum Gasteiger partial charge on any atom is -0.355 e. The Balaban J connectivity index is 2.06. The Labute approximate surface area is 111 Å². The number of hydrogen-bond acceptors (Lipinski definition) is 3. The van der Waals surface area contributed by atoms with Crippen LogP contribution < -0.4 is 0 Å². The third-order valence-electron chi connectivity index (χ3n) is 2.37. The number of halogens is 1. The van der Waals surface area contributed by atoms with Gasteiger partial charge in [-0.15, -0.1) is 6.42 Å². The minimum absolute atomic E-state index is 0.198. The van der Waals surface area contributed by atoms with Crippen LogP contribution in [0.25, 0.3) is 0 Å². The van der Waals surface area contributed by atoms with Gasteiger partial charge in [0.05, 0.1) is 12.7 Å². The first-order valence-corrected chi connectivity index (χ1v) is 6.79. The Bertz CT molecular complexity index is 247. The van der Waals surface area contributed by atoms with Crippen molar-refractivity contribution in [1.82, 2.24) is 0 Å². The predicted octanol–water partition coefficient (Wildman–Crippen LogP) is 2.72. The lowest BCUT2D eigenvalue weighted by Crippen LogP contribution is -2.21. The summed E-state index contributed by atoms with van der Waals surface area (Å²) in [7, 11) is 0. The molecule has 0 N–H and O–H groups in total. The molecular formula is C12H19IO3. The monoisotopic (exact) mass is 338 g/mol. The SMILES string of the molecule is C#CCOC(I)CCCC1COC(C)(C)O1. The second-order valence-electron chi connectivity index (χ2n) is 4.31. The summed E-state index contributed by atoms with van der Waals surface area (Å²) in [5.74, 6) is 2.06. The molecular weight excluding hydrogens is 319 g/mol. The van der Waals surface area contributed by atoms with Gasteiger partial charge in [0.2, 0.25) is 0 Å². The quantitative estimate of drug-likeness (QED) is 0.423. The second-order valence-corrected chi connectivity index (χ2v) is 5.70. The molecule has 1 aliphatic rings. The Hall–Kier alpha value is 0.170. The highest BCUT2D eigenvalue weighted by molar-refractivity contribution is 14.1. The molecule has 2 unspecified atom stereocenters. The fraction of sp³-hybridized carbons (Fsp3) is 0.833. The lowest BCUT2D eigenvalue weighted by atomic mass is 10.2. The first-order valence-electron chi connectivity index (χ1n) is 5.54. The van der Waals surface area contributed by atoms with E-state index in [1.54, 1.807) is 0 Å². The van der Waals surface area contributed by atoms with Crippen LogP contribution in [-0.4, -0.2) is 29.2 Å². The van der Waals surface area contributed by atoms with Gasteiger partial charge in [-0.3, -0.25) is 0 Å². The van der Waals surface area contributed by atoms with E-state index in [4.69, 9.17) is 20.6 Å². The molecule has 0 aromatic carbocycles. The van der Waals surface area contributed by atoms with Crippen molar-refractivity contribution in [3.63, 3.8) is 0 Å².